The molecule has 1 aliphatic rings. The van der Waals surface area contributed by atoms with Crippen molar-refractivity contribution in [1.29, 1.82) is 0 Å². The van der Waals surface area contributed by atoms with Crippen molar-refractivity contribution in [2.45, 2.75) is 6.42 Å². The molecule has 0 radical (unpaired) electrons. The number of nitrogens with one attached hydrogen (secondary N) is 1. The van der Waals surface area contributed by atoms with E-state index in [4.69, 9.17) is 0 Å². The van der Waals surface area contributed by atoms with Crippen LogP contribution in [0.4, 0.5) is 5.69 Å². The number of aromatic nitrogens is 1. The summed E-state index contributed by atoms with van der Waals surface area (Å²) in [7, 11) is 1.90. The molecule has 2 aromatic rings. The fraction of sp³-hybridized carbons (Fsp3) is 0.200. The maximum absolute atomic E-state index is 12.2. The van der Waals surface area contributed by atoms with E-state index in [1.54, 1.807) is 0 Å². The quantitative estimate of drug-likeness (QED) is 0.494. The zero-order valence-corrected chi connectivity index (χ0v) is 13.4. The predicted molar refractivity (Wildman–Crippen MR) is 72.6 cm³/mol. The van der Waals surface area contributed by atoms with Crippen LogP contribution in [-0.4, -0.2) is 12.5 Å². The molecule has 0 fully saturated rings. The van der Waals surface area contributed by atoms with Gasteiger partial charge in [0.05, 0.1) is 5.69 Å². The van der Waals surface area contributed by atoms with Gasteiger partial charge in [-0.05, 0) is 24.1 Å². The number of nitrogens with zero attached hydrogens (tertiary/aromatic N) is 2. The summed E-state index contributed by atoms with van der Waals surface area (Å²) in [6.45, 7) is 0.823. The van der Waals surface area contributed by atoms with Gasteiger partial charge in [-0.15, -0.1) is 0 Å². The average Bonchev–Trinajstić information content (AvgIpc) is 2.82. The van der Waals surface area contributed by atoms with E-state index in [-0.39, 0.29) is 29.9 Å². The fourth-order valence-corrected chi connectivity index (χ4v) is 2.36. The Kier molecular flexibility index (Phi) is 4.59. The van der Waals surface area contributed by atoms with Gasteiger partial charge in [-0.2, -0.15) is 0 Å². The summed E-state index contributed by atoms with van der Waals surface area (Å²) in [5.41, 5.74) is 5.99. The van der Waals surface area contributed by atoms with Gasteiger partial charge in [0, 0.05) is 12.6 Å². The van der Waals surface area contributed by atoms with Gasteiger partial charge in [0.2, 0.25) is 0 Å². The number of carbonyl (C=O) groups is 1. The lowest BCUT2D eigenvalue weighted by atomic mass is 10.2. The molecule has 1 aliphatic heterocycles. The molecular formula is C15H16IN3O. The summed E-state index contributed by atoms with van der Waals surface area (Å²) >= 11 is 0. The lowest BCUT2D eigenvalue weighted by Crippen LogP contribution is -3.00. The molecule has 0 bridgehead atoms. The molecule has 0 unspecified atom stereocenters. The third-order valence-corrected chi connectivity index (χ3v) is 3.33. The second kappa shape index (κ2) is 6.21. The zero-order chi connectivity index (χ0) is 13.2. The van der Waals surface area contributed by atoms with Crippen LogP contribution in [0.2, 0.25) is 0 Å². The second-order valence-corrected chi connectivity index (χ2v) is 4.73. The number of fused-ring (bicyclic) bond motifs is 1. The van der Waals surface area contributed by atoms with Crippen molar-refractivity contribution in [2.24, 2.45) is 7.05 Å². The monoisotopic (exact) mass is 381 g/mol. The van der Waals surface area contributed by atoms with E-state index >= 15 is 0 Å². The predicted octanol–water partition coefficient (Wildman–Crippen LogP) is -1.78. The Morgan fingerprint density at radius 3 is 2.85 bits per heavy atom. The summed E-state index contributed by atoms with van der Waals surface area (Å²) in [5, 5.41) is 1.92. The number of aryl methyl sites for hydroxylation is 1. The van der Waals surface area contributed by atoms with Gasteiger partial charge in [0.1, 0.15) is 12.6 Å². The van der Waals surface area contributed by atoms with Crippen molar-refractivity contribution in [3.63, 3.8) is 0 Å². The first-order valence-corrected chi connectivity index (χ1v) is 6.36. The summed E-state index contributed by atoms with van der Waals surface area (Å²) in [6.07, 6.45) is 4.69. The van der Waals surface area contributed by atoms with Crippen molar-refractivity contribution in [3.8, 4) is 0 Å². The van der Waals surface area contributed by atoms with Crippen LogP contribution in [0.3, 0.4) is 0 Å². The molecule has 104 valence electrons. The number of rotatable bonds is 2. The molecule has 4 nitrogen and oxygen atoms in total. The van der Waals surface area contributed by atoms with E-state index in [0.717, 1.165) is 18.7 Å². The number of pyridine rings is 1. The number of hydrogen-bond donors (Lipinski definition) is 1. The van der Waals surface area contributed by atoms with Crippen molar-refractivity contribution >= 4 is 11.6 Å². The van der Waals surface area contributed by atoms with E-state index in [1.165, 1.54) is 5.56 Å². The highest BCUT2D eigenvalue weighted by molar-refractivity contribution is 5.94. The van der Waals surface area contributed by atoms with Gasteiger partial charge in [-0.3, -0.25) is 15.2 Å². The number of para-hydroxylation sites is 1. The number of halogens is 1. The van der Waals surface area contributed by atoms with Crippen LogP contribution in [0, 0.1) is 0 Å². The number of anilines is 1. The summed E-state index contributed by atoms with van der Waals surface area (Å²) in [4.78, 5) is 12.2. The van der Waals surface area contributed by atoms with E-state index < -0.39 is 0 Å². The summed E-state index contributed by atoms with van der Waals surface area (Å²) in [6, 6.07) is 11.8. The Labute approximate surface area is 135 Å². The molecule has 5 heteroatoms. The topological polar surface area (TPSA) is 36.2 Å². The Balaban J connectivity index is 0.00000147. The minimum absolute atomic E-state index is 0. The number of hydrogen-bond acceptors (Lipinski definition) is 2. The van der Waals surface area contributed by atoms with Crippen LogP contribution < -0.4 is 39.0 Å². The van der Waals surface area contributed by atoms with E-state index in [0.29, 0.717) is 5.56 Å². The van der Waals surface area contributed by atoms with Crippen LogP contribution in [0.1, 0.15) is 15.9 Å². The molecule has 0 atom stereocenters. The minimum atomic E-state index is -0.0760. The molecule has 1 aromatic carbocycles. The van der Waals surface area contributed by atoms with Crippen LogP contribution in [0.5, 0.6) is 0 Å². The van der Waals surface area contributed by atoms with Crippen molar-refractivity contribution in [2.75, 3.05) is 11.6 Å². The first-order chi connectivity index (χ1) is 9.24. The average molecular weight is 381 g/mol. The first-order valence-electron chi connectivity index (χ1n) is 6.36. The van der Waals surface area contributed by atoms with Gasteiger partial charge >= 0.3 is 0 Å². The van der Waals surface area contributed by atoms with Crippen LogP contribution in [0.15, 0.2) is 48.8 Å². The highest BCUT2D eigenvalue weighted by Gasteiger charge is 2.21. The number of benzene rings is 1. The fourth-order valence-electron chi connectivity index (χ4n) is 2.36. The molecule has 0 saturated carbocycles. The number of carbonyl (C=O) groups excluding carboxylic acids is 1. The molecule has 0 saturated heterocycles. The van der Waals surface area contributed by atoms with Gasteiger partial charge < -0.3 is 24.0 Å². The van der Waals surface area contributed by atoms with Crippen LogP contribution >= 0.6 is 0 Å². The standard InChI is InChI=1S/C15H15N3O.HI/c1-17-9-4-6-13(11-17)15(19)16-18-10-8-12-5-2-3-7-14(12)18;/h2-7,9,11H,8,10H2,1H3;1H. The molecule has 0 spiro atoms. The van der Waals surface area contributed by atoms with Crippen LogP contribution in [-0.2, 0) is 13.5 Å². The molecule has 3 rings (SSSR count). The lowest BCUT2D eigenvalue weighted by Gasteiger charge is -2.19. The molecule has 20 heavy (non-hydrogen) atoms. The smallest absolute Gasteiger partial charge is 0.275 e. The number of amides is 1. The first kappa shape index (κ1) is 14.8. The Morgan fingerprint density at radius 1 is 1.25 bits per heavy atom. The molecular weight excluding hydrogens is 365 g/mol. The Bertz CT molecular complexity index is 630. The van der Waals surface area contributed by atoms with E-state index in [9.17, 15) is 4.79 Å². The highest BCUT2D eigenvalue weighted by Crippen LogP contribution is 2.25. The molecule has 1 N–H and O–H groups in total. The van der Waals surface area contributed by atoms with Crippen molar-refractivity contribution in [3.05, 3.63) is 59.9 Å². The van der Waals surface area contributed by atoms with Crippen molar-refractivity contribution in [1.82, 2.24) is 5.43 Å². The molecule has 1 amide bonds. The van der Waals surface area contributed by atoms with Gasteiger partial charge in [-0.1, -0.05) is 18.2 Å². The summed E-state index contributed by atoms with van der Waals surface area (Å²) in [5.74, 6) is -0.0760. The lowest BCUT2D eigenvalue weighted by molar-refractivity contribution is -0.671. The molecule has 1 aromatic heterocycles. The SMILES string of the molecule is C[n+]1cccc(C(=O)NN2CCc3ccccc32)c1.[I-]. The zero-order valence-electron chi connectivity index (χ0n) is 11.2. The normalized spacial score (nSPS) is 12.6. The van der Waals surface area contributed by atoms with Gasteiger partial charge in [0.25, 0.3) is 5.91 Å². The number of hydrazine groups is 1. The van der Waals surface area contributed by atoms with Crippen molar-refractivity contribution < 1.29 is 33.3 Å². The Morgan fingerprint density at radius 2 is 2.05 bits per heavy atom. The maximum Gasteiger partial charge on any atom is 0.275 e. The third kappa shape index (κ3) is 2.92. The van der Waals surface area contributed by atoms with Gasteiger partial charge in [0.15, 0.2) is 12.4 Å². The summed E-state index contributed by atoms with van der Waals surface area (Å²) < 4.78 is 1.87. The van der Waals surface area contributed by atoms with E-state index in [1.807, 2.05) is 59.3 Å². The van der Waals surface area contributed by atoms with E-state index in [2.05, 4.69) is 11.5 Å². The second-order valence-electron chi connectivity index (χ2n) is 4.73. The van der Waals surface area contributed by atoms with Gasteiger partial charge in [-0.25, -0.2) is 4.57 Å². The largest absolute Gasteiger partial charge is 1.00 e. The third-order valence-electron chi connectivity index (χ3n) is 3.33. The highest BCUT2D eigenvalue weighted by atomic mass is 127. The molecule has 2 heterocycles. The maximum atomic E-state index is 12.2. The molecule has 0 aliphatic carbocycles. The minimum Gasteiger partial charge on any atom is -1.00 e. The Hall–Kier alpha value is -1.63. The van der Waals surface area contributed by atoms with Crippen LogP contribution in [0.25, 0.3) is 0 Å².